The van der Waals surface area contributed by atoms with Crippen LogP contribution in [0.5, 0.6) is 5.75 Å². The number of nitrogens with zero attached hydrogens (tertiary/aromatic N) is 2. The minimum atomic E-state index is -1.80. The summed E-state index contributed by atoms with van der Waals surface area (Å²) < 4.78 is 9.94. The van der Waals surface area contributed by atoms with Gasteiger partial charge in [-0.1, -0.05) is 0 Å². The topological polar surface area (TPSA) is 75.0 Å². The van der Waals surface area contributed by atoms with Crippen molar-refractivity contribution in [3.8, 4) is 5.75 Å². The van der Waals surface area contributed by atoms with E-state index in [2.05, 4.69) is 14.5 Å². The van der Waals surface area contributed by atoms with Gasteiger partial charge in [0.05, 0.1) is 25.1 Å². The van der Waals surface area contributed by atoms with Crippen molar-refractivity contribution in [3.63, 3.8) is 0 Å². The van der Waals surface area contributed by atoms with Crippen LogP contribution in [0.25, 0.3) is 0 Å². The molecule has 0 unspecified atom stereocenters. The number of aromatic nitrogens is 1. The molecular weight excluding hydrogens is 223 g/mol. The number of hydrogen-bond donors (Lipinski definition) is 2. The number of ether oxygens (including phenoxy) is 1. The monoisotopic (exact) mass is 238 g/mol. The maximum Gasteiger partial charge on any atom is 0.707 e. The van der Waals surface area contributed by atoms with Gasteiger partial charge >= 0.3 is 7.32 Å². The van der Waals surface area contributed by atoms with Crippen LogP contribution in [0.15, 0.2) is 18.3 Å². The van der Waals surface area contributed by atoms with Crippen molar-refractivity contribution in [2.75, 3.05) is 26.3 Å². The molecular formula is C10H15BN2O4. The molecule has 7 heteroatoms. The van der Waals surface area contributed by atoms with Crippen LogP contribution in [0.4, 0.5) is 0 Å². The zero-order valence-electron chi connectivity index (χ0n) is 9.45. The quantitative estimate of drug-likeness (QED) is 0.673. The Balaban J connectivity index is 1.88. The second-order valence-corrected chi connectivity index (χ2v) is 3.82. The first-order valence-corrected chi connectivity index (χ1v) is 5.52. The van der Waals surface area contributed by atoms with Crippen molar-refractivity contribution in [1.82, 2.24) is 9.88 Å². The van der Waals surface area contributed by atoms with Crippen LogP contribution in [-0.4, -0.2) is 53.6 Å². The highest BCUT2D eigenvalue weighted by Crippen LogP contribution is 2.11. The third kappa shape index (κ3) is 3.97. The molecule has 0 bridgehead atoms. The number of rotatable bonds is 4. The molecule has 6 nitrogen and oxygen atoms in total. The summed E-state index contributed by atoms with van der Waals surface area (Å²) in [5.41, 5.74) is 0.923. The molecule has 92 valence electrons. The van der Waals surface area contributed by atoms with Gasteiger partial charge in [0.1, 0.15) is 5.75 Å². The summed E-state index contributed by atoms with van der Waals surface area (Å²) in [4.78, 5) is 6.45. The van der Waals surface area contributed by atoms with Crippen LogP contribution in [0.2, 0.25) is 0 Å². The molecule has 1 aliphatic rings. The van der Waals surface area contributed by atoms with Gasteiger partial charge in [0.15, 0.2) is 0 Å². The smallest absolute Gasteiger partial charge is 0.511 e. The van der Waals surface area contributed by atoms with Crippen LogP contribution >= 0.6 is 0 Å². The highest BCUT2D eigenvalue weighted by Gasteiger charge is 2.13. The van der Waals surface area contributed by atoms with Crippen LogP contribution < -0.4 is 4.65 Å². The Hall–Kier alpha value is -1.15. The maximum absolute atomic E-state index is 8.62. The summed E-state index contributed by atoms with van der Waals surface area (Å²) in [6.07, 6.45) is 1.48. The SMILES string of the molecule is OB(O)Oc1ccc(CN2CCOCC2)nc1. The lowest BCUT2D eigenvalue weighted by Crippen LogP contribution is -2.35. The summed E-state index contributed by atoms with van der Waals surface area (Å²) >= 11 is 0. The van der Waals surface area contributed by atoms with Crippen LogP contribution in [0.1, 0.15) is 5.69 Å². The number of hydrogen-bond acceptors (Lipinski definition) is 6. The van der Waals surface area contributed by atoms with Crippen molar-refractivity contribution in [3.05, 3.63) is 24.0 Å². The van der Waals surface area contributed by atoms with E-state index >= 15 is 0 Å². The Morgan fingerprint density at radius 1 is 1.35 bits per heavy atom. The third-order valence-corrected chi connectivity index (χ3v) is 2.53. The number of pyridine rings is 1. The Morgan fingerprint density at radius 3 is 2.71 bits per heavy atom. The summed E-state index contributed by atoms with van der Waals surface area (Å²) in [7, 11) is -1.80. The average Bonchev–Trinajstić information content (AvgIpc) is 2.32. The molecule has 0 saturated carbocycles. The summed E-state index contributed by atoms with van der Waals surface area (Å²) in [5, 5.41) is 17.2. The van der Waals surface area contributed by atoms with E-state index in [4.69, 9.17) is 14.8 Å². The van der Waals surface area contributed by atoms with Gasteiger partial charge in [0.2, 0.25) is 0 Å². The Kier molecular flexibility index (Phi) is 4.32. The van der Waals surface area contributed by atoms with Gasteiger partial charge in [0, 0.05) is 19.6 Å². The van der Waals surface area contributed by atoms with Crippen LogP contribution in [0, 0.1) is 0 Å². The van der Waals surface area contributed by atoms with Crippen molar-refractivity contribution < 1.29 is 19.4 Å². The molecule has 1 fully saturated rings. The summed E-state index contributed by atoms with van der Waals surface area (Å²) in [6.45, 7) is 4.12. The first-order valence-electron chi connectivity index (χ1n) is 5.52. The van der Waals surface area contributed by atoms with E-state index in [1.54, 1.807) is 6.07 Å². The largest absolute Gasteiger partial charge is 0.707 e. The van der Waals surface area contributed by atoms with E-state index in [0.717, 1.165) is 38.5 Å². The van der Waals surface area contributed by atoms with Crippen LogP contribution in [-0.2, 0) is 11.3 Å². The van der Waals surface area contributed by atoms with Gasteiger partial charge < -0.3 is 19.4 Å². The Labute approximate surface area is 100.0 Å². The lowest BCUT2D eigenvalue weighted by atomic mass is 10.2. The molecule has 1 aromatic heterocycles. The predicted molar refractivity (Wildman–Crippen MR) is 61.2 cm³/mol. The van der Waals surface area contributed by atoms with Gasteiger partial charge in [-0.2, -0.15) is 0 Å². The molecule has 0 aliphatic carbocycles. The Morgan fingerprint density at radius 2 is 2.12 bits per heavy atom. The second-order valence-electron chi connectivity index (χ2n) is 3.82. The zero-order chi connectivity index (χ0) is 12.1. The fourth-order valence-electron chi connectivity index (χ4n) is 1.68. The lowest BCUT2D eigenvalue weighted by molar-refractivity contribution is 0.0336. The average molecular weight is 238 g/mol. The molecule has 2 rings (SSSR count). The van der Waals surface area contributed by atoms with Gasteiger partial charge in [-0.05, 0) is 12.1 Å². The number of morpholine rings is 1. The first kappa shape index (κ1) is 12.3. The van der Waals surface area contributed by atoms with E-state index in [9.17, 15) is 0 Å². The van der Waals surface area contributed by atoms with E-state index < -0.39 is 7.32 Å². The fraction of sp³-hybridized carbons (Fsp3) is 0.500. The molecule has 17 heavy (non-hydrogen) atoms. The normalized spacial score (nSPS) is 16.8. The summed E-state index contributed by atoms with van der Waals surface area (Å²) in [5.74, 6) is 0.339. The third-order valence-electron chi connectivity index (χ3n) is 2.53. The summed E-state index contributed by atoms with van der Waals surface area (Å²) in [6, 6.07) is 3.48. The first-order chi connectivity index (χ1) is 8.24. The van der Waals surface area contributed by atoms with E-state index in [0.29, 0.717) is 5.75 Å². The molecule has 2 heterocycles. The van der Waals surface area contributed by atoms with Crippen molar-refractivity contribution in [2.45, 2.75) is 6.54 Å². The minimum absolute atomic E-state index is 0.339. The van der Waals surface area contributed by atoms with E-state index in [1.807, 2.05) is 6.07 Å². The van der Waals surface area contributed by atoms with E-state index in [1.165, 1.54) is 6.20 Å². The standard InChI is InChI=1S/C10H15BN2O4/c14-11(15)17-10-2-1-9(12-7-10)8-13-3-5-16-6-4-13/h1-2,7,14-15H,3-6,8H2. The van der Waals surface area contributed by atoms with Gasteiger partial charge in [-0.3, -0.25) is 9.88 Å². The zero-order valence-corrected chi connectivity index (χ0v) is 9.45. The van der Waals surface area contributed by atoms with Gasteiger partial charge in [-0.25, -0.2) is 0 Å². The molecule has 0 radical (unpaired) electrons. The fourth-order valence-corrected chi connectivity index (χ4v) is 1.68. The van der Waals surface area contributed by atoms with Crippen molar-refractivity contribution in [2.24, 2.45) is 0 Å². The van der Waals surface area contributed by atoms with E-state index in [-0.39, 0.29) is 0 Å². The highest BCUT2D eigenvalue weighted by atomic mass is 16.6. The molecule has 0 atom stereocenters. The van der Waals surface area contributed by atoms with Crippen LogP contribution in [0.3, 0.4) is 0 Å². The molecule has 0 aromatic carbocycles. The second kappa shape index (κ2) is 5.97. The molecule has 0 spiro atoms. The Bertz CT molecular complexity index is 341. The maximum atomic E-state index is 8.62. The predicted octanol–water partition coefficient (Wildman–Crippen LogP) is -0.738. The van der Waals surface area contributed by atoms with Gasteiger partial charge in [0.25, 0.3) is 0 Å². The highest BCUT2D eigenvalue weighted by molar-refractivity contribution is 6.33. The lowest BCUT2D eigenvalue weighted by Gasteiger charge is -2.26. The molecule has 1 aliphatic heterocycles. The minimum Gasteiger partial charge on any atom is -0.511 e. The molecule has 0 amide bonds. The van der Waals surface area contributed by atoms with Crippen molar-refractivity contribution >= 4 is 7.32 Å². The molecule has 1 aromatic rings. The van der Waals surface area contributed by atoms with Crippen molar-refractivity contribution in [1.29, 1.82) is 0 Å². The van der Waals surface area contributed by atoms with Gasteiger partial charge in [-0.15, -0.1) is 0 Å². The molecule has 2 N–H and O–H groups in total. The molecule has 1 saturated heterocycles.